The highest BCUT2D eigenvalue weighted by atomic mass is 16.5. The number of nitrogens with one attached hydrogen (secondary N) is 3. The van der Waals surface area contributed by atoms with Crippen LogP contribution in [0.2, 0.25) is 0 Å². The van der Waals surface area contributed by atoms with Gasteiger partial charge in [-0.1, -0.05) is 79.7 Å². The number of carbonyl (C=O) groups is 3. The molecule has 246 valence electrons. The lowest BCUT2D eigenvalue weighted by atomic mass is 9.99. The molecule has 0 unspecified atom stereocenters. The van der Waals surface area contributed by atoms with E-state index in [9.17, 15) is 19.5 Å². The molecule has 0 spiro atoms. The number of fused-ring (bicyclic) bond motifs is 3. The molecule has 1 aliphatic rings. The Hall–Kier alpha value is -5.61. The van der Waals surface area contributed by atoms with E-state index in [2.05, 4.69) is 16.0 Å². The molecule has 10 heteroatoms. The second-order valence-electron chi connectivity index (χ2n) is 12.3. The molecule has 5 aromatic carbocycles. The maximum Gasteiger partial charge on any atom is 0.323 e. The smallest absolute Gasteiger partial charge is 0.323 e. The zero-order valence-corrected chi connectivity index (χ0v) is 27.1. The number of likely N-dealkylation sites (N-methyl/N-ethyl adjacent to an activating group) is 1. The van der Waals surface area contributed by atoms with Crippen LogP contribution in [0.5, 0.6) is 5.75 Å². The van der Waals surface area contributed by atoms with Gasteiger partial charge in [0.05, 0.1) is 36.1 Å². The minimum atomic E-state index is -0.484. The zero-order chi connectivity index (χ0) is 33.8. The van der Waals surface area contributed by atoms with Crippen molar-refractivity contribution in [2.24, 2.45) is 5.92 Å². The first-order valence-electron chi connectivity index (χ1n) is 16.0. The third-order valence-corrected chi connectivity index (χ3v) is 8.79. The van der Waals surface area contributed by atoms with Crippen molar-refractivity contribution in [2.75, 3.05) is 42.7 Å². The minimum Gasteiger partial charge on any atom is -0.487 e. The van der Waals surface area contributed by atoms with E-state index in [4.69, 9.17) is 4.74 Å². The maximum atomic E-state index is 13.9. The number of ether oxygens (including phenoxy) is 1. The van der Waals surface area contributed by atoms with Crippen LogP contribution in [0.3, 0.4) is 0 Å². The Balaban J connectivity index is 1.22. The number of rotatable bonds is 7. The third-order valence-electron chi connectivity index (χ3n) is 8.79. The molecule has 0 fully saturated rings. The number of urea groups is 2. The van der Waals surface area contributed by atoms with Gasteiger partial charge in [0.1, 0.15) is 11.9 Å². The molecule has 48 heavy (non-hydrogen) atoms. The van der Waals surface area contributed by atoms with Crippen LogP contribution in [-0.2, 0) is 0 Å². The maximum absolute atomic E-state index is 13.9. The van der Waals surface area contributed by atoms with Crippen LogP contribution >= 0.6 is 0 Å². The van der Waals surface area contributed by atoms with Crippen LogP contribution in [0.1, 0.15) is 24.2 Å². The van der Waals surface area contributed by atoms with Gasteiger partial charge in [0.25, 0.3) is 5.91 Å². The summed E-state index contributed by atoms with van der Waals surface area (Å²) >= 11 is 0. The molecule has 5 aromatic rings. The van der Waals surface area contributed by atoms with Crippen molar-refractivity contribution >= 4 is 56.6 Å². The predicted molar refractivity (Wildman–Crippen MR) is 190 cm³/mol. The van der Waals surface area contributed by atoms with Crippen molar-refractivity contribution in [2.45, 2.75) is 26.0 Å². The van der Waals surface area contributed by atoms with Gasteiger partial charge in [-0.3, -0.25) is 4.79 Å². The summed E-state index contributed by atoms with van der Waals surface area (Å²) in [5, 5.41) is 22.7. The Kier molecular flexibility index (Phi) is 9.45. The molecular weight excluding hydrogens is 606 g/mol. The SMILES string of the molecule is C[C@@H]1CN([C@@H](C)CO)C(=O)c2cc(NC(=O)Nc3cccc4ccccc34)ccc2O[C@H]1CN(C)C(=O)Nc1cccc2ccccc12. The predicted octanol–water partition coefficient (Wildman–Crippen LogP) is 7.02. The molecule has 0 saturated carbocycles. The van der Waals surface area contributed by atoms with E-state index >= 15 is 0 Å². The van der Waals surface area contributed by atoms with E-state index in [1.807, 2.05) is 91.9 Å². The molecule has 4 N–H and O–H groups in total. The number of carbonyl (C=O) groups excluding carboxylic acids is 3. The van der Waals surface area contributed by atoms with Crippen molar-refractivity contribution < 1.29 is 24.2 Å². The van der Waals surface area contributed by atoms with E-state index in [0.717, 1.165) is 21.5 Å². The zero-order valence-electron chi connectivity index (χ0n) is 27.1. The van der Waals surface area contributed by atoms with Crippen molar-refractivity contribution in [1.82, 2.24) is 9.80 Å². The molecule has 1 heterocycles. The fourth-order valence-corrected chi connectivity index (χ4v) is 6.04. The minimum absolute atomic E-state index is 0.187. The Bertz CT molecular complexity index is 1970. The van der Waals surface area contributed by atoms with Crippen molar-refractivity contribution in [1.29, 1.82) is 0 Å². The topological polar surface area (TPSA) is 123 Å². The molecule has 0 aliphatic carbocycles. The van der Waals surface area contributed by atoms with Gasteiger partial charge < -0.3 is 35.6 Å². The first-order chi connectivity index (χ1) is 23.2. The van der Waals surface area contributed by atoms with E-state index in [-0.39, 0.29) is 36.6 Å². The number of hydrogen-bond acceptors (Lipinski definition) is 5. The highest BCUT2D eigenvalue weighted by molar-refractivity contribution is 6.07. The van der Waals surface area contributed by atoms with E-state index < -0.39 is 18.2 Å². The molecule has 3 atom stereocenters. The van der Waals surface area contributed by atoms with Gasteiger partial charge in [-0.15, -0.1) is 0 Å². The van der Waals surface area contributed by atoms with Gasteiger partial charge in [-0.05, 0) is 48.0 Å². The summed E-state index contributed by atoms with van der Waals surface area (Å²) in [6.07, 6.45) is -0.484. The largest absolute Gasteiger partial charge is 0.487 e. The number of hydrogen-bond donors (Lipinski definition) is 4. The van der Waals surface area contributed by atoms with Gasteiger partial charge in [-0.2, -0.15) is 0 Å². The Labute approximate surface area is 279 Å². The van der Waals surface area contributed by atoms with Gasteiger partial charge >= 0.3 is 12.1 Å². The summed E-state index contributed by atoms with van der Waals surface area (Å²) < 4.78 is 6.47. The Morgan fingerprint density at radius 1 is 0.875 bits per heavy atom. The lowest BCUT2D eigenvalue weighted by Crippen LogP contribution is -2.50. The second kappa shape index (κ2) is 14.0. The third kappa shape index (κ3) is 6.89. The van der Waals surface area contributed by atoms with Crippen molar-refractivity contribution in [3.63, 3.8) is 0 Å². The van der Waals surface area contributed by atoms with Crippen molar-refractivity contribution in [3.8, 4) is 5.75 Å². The van der Waals surface area contributed by atoms with Crippen LogP contribution < -0.4 is 20.7 Å². The number of amides is 5. The molecule has 5 amide bonds. The first-order valence-corrected chi connectivity index (χ1v) is 16.0. The lowest BCUT2D eigenvalue weighted by molar-refractivity contribution is 0.0371. The van der Waals surface area contributed by atoms with Crippen LogP contribution in [0.15, 0.2) is 103 Å². The van der Waals surface area contributed by atoms with E-state index in [1.165, 1.54) is 0 Å². The number of benzene rings is 5. The average Bonchev–Trinajstić information content (AvgIpc) is 3.10. The fourth-order valence-electron chi connectivity index (χ4n) is 6.04. The summed E-state index contributed by atoms with van der Waals surface area (Å²) in [6.45, 7) is 4.05. The molecule has 0 bridgehead atoms. The van der Waals surface area contributed by atoms with E-state index in [0.29, 0.717) is 29.4 Å². The van der Waals surface area contributed by atoms with Crippen LogP contribution in [-0.4, -0.2) is 71.8 Å². The Morgan fingerprint density at radius 3 is 2.12 bits per heavy atom. The van der Waals surface area contributed by atoms with Gasteiger partial charge in [0.15, 0.2) is 0 Å². The normalized spacial score (nSPS) is 16.7. The summed E-state index contributed by atoms with van der Waals surface area (Å²) in [6, 6.07) is 30.7. The molecule has 1 aliphatic heterocycles. The number of anilines is 3. The van der Waals surface area contributed by atoms with Gasteiger partial charge in [0.2, 0.25) is 0 Å². The molecule has 10 nitrogen and oxygen atoms in total. The first kappa shape index (κ1) is 32.3. The van der Waals surface area contributed by atoms with E-state index in [1.54, 1.807) is 42.0 Å². The summed E-state index contributed by atoms with van der Waals surface area (Å²) in [7, 11) is 1.71. The standard InChI is InChI=1S/C38H39N5O5/c1-24-21-43(25(2)23-44)36(45)31-20-28(39-37(46)40-32-16-8-12-26-10-4-6-14-29(26)32)18-19-34(31)48-35(24)22-42(3)38(47)41-33-17-9-13-27-11-5-7-15-30(27)33/h4-20,24-25,35,44H,21-23H2,1-3H3,(H,41,47)(H2,39,40,46)/t24-,25+,35+/m1/s1. The highest BCUT2D eigenvalue weighted by Gasteiger charge is 2.34. The molecule has 0 radical (unpaired) electrons. The fraction of sp³-hybridized carbons (Fsp3) is 0.237. The average molecular weight is 646 g/mol. The van der Waals surface area contributed by atoms with Gasteiger partial charge in [0, 0.05) is 36.0 Å². The number of nitrogens with zero attached hydrogens (tertiary/aromatic N) is 2. The second-order valence-corrected chi connectivity index (χ2v) is 12.3. The molecule has 0 saturated heterocycles. The summed E-state index contributed by atoms with van der Waals surface area (Å²) in [5.41, 5.74) is 2.01. The lowest BCUT2D eigenvalue weighted by Gasteiger charge is -2.38. The van der Waals surface area contributed by atoms with Gasteiger partial charge in [-0.25, -0.2) is 9.59 Å². The van der Waals surface area contributed by atoms with Crippen LogP contribution in [0, 0.1) is 5.92 Å². The Morgan fingerprint density at radius 2 is 1.48 bits per heavy atom. The number of aliphatic hydroxyl groups excluding tert-OH is 1. The molecule has 0 aromatic heterocycles. The summed E-state index contributed by atoms with van der Waals surface area (Å²) in [4.78, 5) is 43.5. The monoisotopic (exact) mass is 645 g/mol. The quantitative estimate of drug-likeness (QED) is 0.152. The summed E-state index contributed by atoms with van der Waals surface area (Å²) in [5.74, 6) is -0.181. The van der Waals surface area contributed by atoms with Crippen molar-refractivity contribution in [3.05, 3.63) is 109 Å². The van der Waals surface area contributed by atoms with Crippen LogP contribution in [0.4, 0.5) is 26.7 Å². The molecule has 6 rings (SSSR count). The van der Waals surface area contributed by atoms with Crippen LogP contribution in [0.25, 0.3) is 21.5 Å². The highest BCUT2D eigenvalue weighted by Crippen LogP contribution is 2.31. The number of aliphatic hydroxyl groups is 1. The molecular formula is C38H39N5O5.